The van der Waals surface area contributed by atoms with Crippen molar-refractivity contribution in [1.29, 1.82) is 0 Å². The van der Waals surface area contributed by atoms with Crippen LogP contribution in [0.4, 0.5) is 22.0 Å². The van der Waals surface area contributed by atoms with Gasteiger partial charge in [0.1, 0.15) is 35.7 Å². The van der Waals surface area contributed by atoms with E-state index in [0.717, 1.165) is 36.4 Å². The quantitative estimate of drug-likeness (QED) is 0.183. The molecule has 0 amide bonds. The summed E-state index contributed by atoms with van der Waals surface area (Å²) in [7, 11) is 0. The van der Waals surface area contributed by atoms with Gasteiger partial charge in [-0.1, -0.05) is 19.9 Å². The third kappa shape index (κ3) is 5.73. The molecule has 5 aromatic rings. The lowest BCUT2D eigenvalue weighted by atomic mass is 9.87. The molecule has 0 spiro atoms. The summed E-state index contributed by atoms with van der Waals surface area (Å²) in [5.41, 5.74) is -0.202. The molecular weight excluding hydrogens is 597 g/mol. The lowest BCUT2D eigenvalue weighted by Crippen LogP contribution is -2.27. The Hall–Kier alpha value is -4.84. The predicted octanol–water partition coefficient (Wildman–Crippen LogP) is 7.26. The van der Waals surface area contributed by atoms with E-state index in [1.54, 1.807) is 6.07 Å². The Morgan fingerprint density at radius 2 is 1.71 bits per heavy atom. The zero-order valence-electron chi connectivity index (χ0n) is 24.1. The first kappa shape index (κ1) is 30.2. The molecule has 3 heterocycles. The molecule has 1 fully saturated rings. The number of aromatic carboxylic acids is 1. The maximum Gasteiger partial charge on any atom is 0.335 e. The number of carboxylic acids is 1. The number of fused-ring (bicyclic) bond motifs is 1. The van der Waals surface area contributed by atoms with E-state index in [2.05, 4.69) is 9.97 Å². The molecule has 0 saturated carbocycles. The van der Waals surface area contributed by atoms with Crippen LogP contribution in [0.1, 0.15) is 47.2 Å². The van der Waals surface area contributed by atoms with Gasteiger partial charge in [-0.25, -0.2) is 36.7 Å². The molecule has 1 unspecified atom stereocenters. The van der Waals surface area contributed by atoms with Crippen molar-refractivity contribution in [3.8, 4) is 17.1 Å². The maximum absolute atomic E-state index is 15.6. The fourth-order valence-electron chi connectivity index (χ4n) is 5.50. The Kier molecular flexibility index (Phi) is 7.77. The molecule has 0 aliphatic carbocycles. The minimum atomic E-state index is -1.11. The van der Waals surface area contributed by atoms with E-state index < -0.39 is 53.1 Å². The fraction of sp³-hybridized carbons (Fsp3) is 0.242. The highest BCUT2D eigenvalue weighted by Crippen LogP contribution is 2.40. The number of carbonyl (C=O) groups is 1. The molecule has 7 nitrogen and oxygen atoms in total. The van der Waals surface area contributed by atoms with Crippen LogP contribution in [-0.2, 0) is 17.8 Å². The number of ether oxygens (including phenoxy) is 2. The van der Waals surface area contributed by atoms with E-state index in [1.807, 2.05) is 18.4 Å². The van der Waals surface area contributed by atoms with Gasteiger partial charge in [0, 0.05) is 17.4 Å². The second-order valence-electron chi connectivity index (χ2n) is 11.5. The number of imidazole rings is 1. The highest BCUT2D eigenvalue weighted by molar-refractivity contribution is 5.92. The molecule has 0 radical (unpaired) electrons. The predicted molar refractivity (Wildman–Crippen MR) is 153 cm³/mol. The molecule has 1 saturated heterocycles. The van der Waals surface area contributed by atoms with Gasteiger partial charge < -0.3 is 19.1 Å². The second-order valence-corrected chi connectivity index (χ2v) is 11.5. The first-order chi connectivity index (χ1) is 21.4. The Bertz CT molecular complexity index is 1940. The fourth-order valence-corrected chi connectivity index (χ4v) is 5.50. The van der Waals surface area contributed by atoms with Crippen LogP contribution >= 0.6 is 0 Å². The topological polar surface area (TPSA) is 86.5 Å². The minimum Gasteiger partial charge on any atom is -0.478 e. The van der Waals surface area contributed by atoms with E-state index in [0.29, 0.717) is 30.1 Å². The molecule has 12 heteroatoms. The summed E-state index contributed by atoms with van der Waals surface area (Å²) in [5.74, 6) is -5.77. The first-order valence-corrected chi connectivity index (χ1v) is 14.0. The van der Waals surface area contributed by atoms with Crippen molar-refractivity contribution in [1.82, 2.24) is 14.5 Å². The smallest absolute Gasteiger partial charge is 0.335 e. The van der Waals surface area contributed by atoms with E-state index >= 15 is 8.78 Å². The number of rotatable bonds is 8. The number of hydrogen-bond donors (Lipinski definition) is 1. The molecule has 2 aromatic heterocycles. The summed E-state index contributed by atoms with van der Waals surface area (Å²) in [5, 5.41) is 9.56. The van der Waals surface area contributed by atoms with Crippen molar-refractivity contribution in [2.45, 2.75) is 32.9 Å². The zero-order valence-corrected chi connectivity index (χ0v) is 24.1. The van der Waals surface area contributed by atoms with Gasteiger partial charge in [-0.3, -0.25) is 0 Å². The van der Waals surface area contributed by atoms with Crippen molar-refractivity contribution in [2.24, 2.45) is 5.41 Å². The number of nitrogens with zero attached hydrogens (tertiary/aromatic N) is 3. The van der Waals surface area contributed by atoms with Crippen LogP contribution in [0.2, 0.25) is 0 Å². The highest BCUT2D eigenvalue weighted by atomic mass is 19.1. The number of carboxylic acid groups (broad SMARTS) is 1. The molecule has 0 bridgehead atoms. The normalized spacial score (nSPS) is 15.9. The number of hydrogen-bond acceptors (Lipinski definition) is 5. The molecule has 232 valence electrons. The summed E-state index contributed by atoms with van der Waals surface area (Å²) >= 11 is 0. The Morgan fingerprint density at radius 1 is 0.956 bits per heavy atom. The van der Waals surface area contributed by atoms with Gasteiger partial charge in [-0.15, -0.1) is 0 Å². The van der Waals surface area contributed by atoms with Crippen LogP contribution in [-0.4, -0.2) is 38.8 Å². The summed E-state index contributed by atoms with van der Waals surface area (Å²) in [6.45, 7) is 4.08. The summed E-state index contributed by atoms with van der Waals surface area (Å²) < 4.78 is 86.3. The summed E-state index contributed by atoms with van der Waals surface area (Å²) in [6.07, 6.45) is -0.133. The average molecular weight is 624 g/mol. The van der Waals surface area contributed by atoms with Crippen molar-refractivity contribution in [3.05, 3.63) is 112 Å². The number of benzene rings is 3. The molecular formula is C33H26F5N3O4. The Balaban J connectivity index is 1.34. The highest BCUT2D eigenvalue weighted by Gasteiger charge is 2.39. The number of halogens is 5. The van der Waals surface area contributed by atoms with Crippen LogP contribution in [0, 0.1) is 34.5 Å². The Labute approximate surface area is 253 Å². The van der Waals surface area contributed by atoms with Crippen LogP contribution in [0.5, 0.6) is 5.88 Å². The zero-order chi connectivity index (χ0) is 32.0. The van der Waals surface area contributed by atoms with Crippen LogP contribution in [0.15, 0.2) is 60.7 Å². The molecule has 3 aromatic carbocycles. The van der Waals surface area contributed by atoms with Crippen LogP contribution in [0.3, 0.4) is 0 Å². The van der Waals surface area contributed by atoms with Crippen molar-refractivity contribution in [2.75, 3.05) is 13.2 Å². The lowest BCUT2D eigenvalue weighted by Gasteiger charge is -2.28. The lowest BCUT2D eigenvalue weighted by molar-refractivity contribution is 0.0697. The second kappa shape index (κ2) is 11.6. The monoisotopic (exact) mass is 623 g/mol. The van der Waals surface area contributed by atoms with Gasteiger partial charge in [0.05, 0.1) is 47.1 Å². The van der Waals surface area contributed by atoms with Gasteiger partial charge in [-0.2, -0.15) is 0 Å². The third-order valence-electron chi connectivity index (χ3n) is 7.96. The molecule has 1 N–H and O–H groups in total. The third-order valence-corrected chi connectivity index (χ3v) is 7.96. The molecule has 1 atom stereocenters. The first-order valence-electron chi connectivity index (χ1n) is 14.0. The van der Waals surface area contributed by atoms with Crippen LogP contribution < -0.4 is 4.74 Å². The van der Waals surface area contributed by atoms with E-state index in [-0.39, 0.29) is 40.3 Å². The van der Waals surface area contributed by atoms with Crippen molar-refractivity contribution >= 4 is 17.0 Å². The van der Waals surface area contributed by atoms with Crippen LogP contribution in [0.25, 0.3) is 22.3 Å². The van der Waals surface area contributed by atoms with E-state index in [9.17, 15) is 23.1 Å². The SMILES string of the molecule is CC1(C)COCC1n1c(Cc2cc(F)c(-c3ccc(F)c(OCc4c(F)cccc4F)n3)cc2F)nc2ccc(C(=O)O)cc21. The molecule has 1 aliphatic heterocycles. The number of pyridine rings is 1. The molecule has 6 rings (SSSR count). The minimum absolute atomic E-state index is 0.0309. The number of aromatic nitrogens is 3. The largest absolute Gasteiger partial charge is 0.478 e. The average Bonchev–Trinajstić information content (AvgIpc) is 3.52. The van der Waals surface area contributed by atoms with Gasteiger partial charge in [0.25, 0.3) is 5.88 Å². The van der Waals surface area contributed by atoms with E-state index in [1.165, 1.54) is 18.2 Å². The standard InChI is InChI=1S/C33H26F5N3O4/c1-33(2)16-44-15-29(33)41-28-11-17(32(42)43)6-8-27(28)39-30(41)12-18-10-25(38)19(13-24(18)37)26-9-7-23(36)31(40-26)45-14-20-21(34)4-3-5-22(20)35/h3-11,13,29H,12,14-16H2,1-2H3,(H,42,43). The molecule has 1 aliphatic rings. The maximum atomic E-state index is 15.6. The van der Waals surface area contributed by atoms with E-state index in [4.69, 9.17) is 9.47 Å². The van der Waals surface area contributed by atoms with Crippen molar-refractivity contribution in [3.63, 3.8) is 0 Å². The molecule has 45 heavy (non-hydrogen) atoms. The van der Waals surface area contributed by atoms with Gasteiger partial charge >= 0.3 is 5.97 Å². The Morgan fingerprint density at radius 3 is 2.40 bits per heavy atom. The summed E-state index contributed by atoms with van der Waals surface area (Å²) in [6, 6.07) is 11.4. The van der Waals surface area contributed by atoms with Crippen molar-refractivity contribution < 1.29 is 41.3 Å². The summed E-state index contributed by atoms with van der Waals surface area (Å²) in [4.78, 5) is 20.3. The van der Waals surface area contributed by atoms with Gasteiger partial charge in [-0.05, 0) is 60.2 Å². The van der Waals surface area contributed by atoms with Gasteiger partial charge in [0.15, 0.2) is 5.82 Å². The van der Waals surface area contributed by atoms with Gasteiger partial charge in [0.2, 0.25) is 0 Å².